The topological polar surface area (TPSA) is 90.2 Å². The Balaban J connectivity index is 1.68. The summed E-state index contributed by atoms with van der Waals surface area (Å²) in [6.45, 7) is 12.9. The van der Waals surface area contributed by atoms with Gasteiger partial charge in [-0.15, -0.1) is 0 Å². The molecule has 1 fully saturated rings. The van der Waals surface area contributed by atoms with Crippen LogP contribution in [0.25, 0.3) is 22.4 Å². The molecule has 0 amide bonds. The van der Waals surface area contributed by atoms with Crippen molar-refractivity contribution in [3.63, 3.8) is 0 Å². The molecule has 1 aliphatic heterocycles. The van der Waals surface area contributed by atoms with E-state index in [1.54, 1.807) is 11.6 Å². The molecule has 8 nitrogen and oxygen atoms in total. The van der Waals surface area contributed by atoms with Gasteiger partial charge >= 0.3 is 5.97 Å². The molecule has 2 N–H and O–H groups in total. The highest BCUT2D eigenvalue weighted by Crippen LogP contribution is 2.28. The fourth-order valence-corrected chi connectivity index (χ4v) is 5.01. The highest BCUT2D eigenvalue weighted by molar-refractivity contribution is 5.82. The third-order valence-corrected chi connectivity index (χ3v) is 7.46. The van der Waals surface area contributed by atoms with Crippen molar-refractivity contribution in [1.82, 2.24) is 24.8 Å². The quantitative estimate of drug-likeness (QED) is 0.427. The number of aryl methyl sites for hydroxylation is 2. The van der Waals surface area contributed by atoms with E-state index in [0.29, 0.717) is 24.4 Å². The molecule has 1 saturated heterocycles. The lowest BCUT2D eigenvalue weighted by molar-refractivity contribution is -0.155. The maximum Gasteiger partial charge on any atom is 0.326 e. The van der Waals surface area contributed by atoms with E-state index >= 15 is 0 Å². The van der Waals surface area contributed by atoms with Crippen LogP contribution in [-0.2, 0) is 29.7 Å². The molecule has 0 radical (unpaired) electrons. The molecule has 2 aromatic heterocycles. The Kier molecular flexibility index (Phi) is 8.19. The van der Waals surface area contributed by atoms with Gasteiger partial charge in [0.05, 0.1) is 17.1 Å². The van der Waals surface area contributed by atoms with Crippen LogP contribution in [0.5, 0.6) is 0 Å². The summed E-state index contributed by atoms with van der Waals surface area (Å²) in [6, 6.07) is 8.27. The Labute approximate surface area is 219 Å². The van der Waals surface area contributed by atoms with Crippen molar-refractivity contribution in [2.75, 3.05) is 13.1 Å². The van der Waals surface area contributed by atoms with Crippen molar-refractivity contribution in [1.29, 1.82) is 0 Å². The second-order valence-electron chi connectivity index (χ2n) is 10.9. The zero-order chi connectivity index (χ0) is 26.7. The third-order valence-electron chi connectivity index (χ3n) is 7.46. The van der Waals surface area contributed by atoms with E-state index in [2.05, 4.69) is 33.4 Å². The first-order valence-electron chi connectivity index (χ1n) is 13.4. The van der Waals surface area contributed by atoms with Crippen LogP contribution in [0.1, 0.15) is 58.1 Å². The third kappa shape index (κ3) is 5.96. The fourth-order valence-electron chi connectivity index (χ4n) is 5.01. The first-order valence-corrected chi connectivity index (χ1v) is 13.4. The van der Waals surface area contributed by atoms with Gasteiger partial charge in [-0.3, -0.25) is 14.9 Å². The molecule has 4 rings (SSSR count). The molecule has 37 heavy (non-hydrogen) atoms. The van der Waals surface area contributed by atoms with Gasteiger partial charge in [-0.05, 0) is 89.7 Å². The Morgan fingerprint density at radius 3 is 2.76 bits per heavy atom. The molecule has 0 bridgehead atoms. The van der Waals surface area contributed by atoms with Gasteiger partial charge in [-0.1, -0.05) is 13.0 Å². The standard InChI is InChI=1S/C29H41N5O3/c1-7-29(5,28(36)37-19(2)3)31-16-21-10-11-25-24(14-21)32-26(23-13-20(4)27(35)33(6)18-23)34(25)17-22-9-8-12-30-15-22/h10-11,13-14,18-19,22,30-31H,7-9,12,15-17H2,1-6H3/t22-,29+/m1/s1. The number of benzene rings is 1. The number of aromatic nitrogens is 3. The second kappa shape index (κ2) is 11.2. The number of piperidine rings is 1. The summed E-state index contributed by atoms with van der Waals surface area (Å²) in [6.07, 6.45) is 4.71. The molecule has 2 atom stereocenters. The van der Waals surface area contributed by atoms with E-state index < -0.39 is 5.54 Å². The van der Waals surface area contributed by atoms with Crippen molar-refractivity contribution in [2.24, 2.45) is 13.0 Å². The molecule has 0 saturated carbocycles. The number of rotatable bonds is 9. The molecule has 3 heterocycles. The summed E-state index contributed by atoms with van der Waals surface area (Å²) >= 11 is 0. The van der Waals surface area contributed by atoms with Gasteiger partial charge in [-0.2, -0.15) is 0 Å². The molecule has 0 unspecified atom stereocenters. The zero-order valence-corrected chi connectivity index (χ0v) is 23.1. The largest absolute Gasteiger partial charge is 0.462 e. The predicted octanol–water partition coefficient (Wildman–Crippen LogP) is 3.92. The van der Waals surface area contributed by atoms with E-state index in [-0.39, 0.29) is 17.6 Å². The van der Waals surface area contributed by atoms with Crippen LogP contribution in [0.3, 0.4) is 0 Å². The summed E-state index contributed by atoms with van der Waals surface area (Å²) in [7, 11) is 1.79. The maximum atomic E-state index is 12.7. The number of carbonyl (C=O) groups excluding carboxylic acids is 1. The average Bonchev–Trinajstić information content (AvgIpc) is 3.23. The Morgan fingerprint density at radius 1 is 1.32 bits per heavy atom. The SMILES string of the molecule is CC[C@](C)(NCc1ccc2c(c1)nc(-c1cc(C)c(=O)n(C)c1)n2C[C@@H]1CCCNC1)C(=O)OC(C)C. The predicted molar refractivity (Wildman–Crippen MR) is 148 cm³/mol. The van der Waals surface area contributed by atoms with E-state index in [0.717, 1.165) is 47.6 Å². The van der Waals surface area contributed by atoms with Crippen molar-refractivity contribution in [2.45, 2.75) is 78.6 Å². The number of hydrogen-bond donors (Lipinski definition) is 2. The first-order chi connectivity index (χ1) is 17.6. The lowest BCUT2D eigenvalue weighted by atomic mass is 9.98. The van der Waals surface area contributed by atoms with Crippen LogP contribution in [0.15, 0.2) is 35.3 Å². The molecule has 0 aliphatic carbocycles. The van der Waals surface area contributed by atoms with Gasteiger partial charge in [0.2, 0.25) is 0 Å². The van der Waals surface area contributed by atoms with E-state index in [1.165, 1.54) is 12.8 Å². The summed E-state index contributed by atoms with van der Waals surface area (Å²) in [5, 5.41) is 6.94. The summed E-state index contributed by atoms with van der Waals surface area (Å²) < 4.78 is 9.42. The normalized spacial score (nSPS) is 17.8. The number of carbonyl (C=O) groups is 1. The minimum atomic E-state index is -0.760. The molecule has 1 aromatic carbocycles. The van der Waals surface area contributed by atoms with Crippen molar-refractivity contribution in [3.8, 4) is 11.4 Å². The zero-order valence-electron chi connectivity index (χ0n) is 23.1. The molecular weight excluding hydrogens is 466 g/mol. The van der Waals surface area contributed by atoms with Crippen LogP contribution < -0.4 is 16.2 Å². The van der Waals surface area contributed by atoms with Gasteiger partial charge in [0.1, 0.15) is 11.4 Å². The summed E-state index contributed by atoms with van der Waals surface area (Å²) in [5.41, 5.74) is 3.93. The van der Waals surface area contributed by atoms with Gasteiger partial charge in [0.25, 0.3) is 5.56 Å². The Bertz CT molecular complexity index is 1290. The maximum absolute atomic E-state index is 12.7. The Hall–Kier alpha value is -2.97. The first kappa shape index (κ1) is 27.1. The number of imidazole rings is 1. The van der Waals surface area contributed by atoms with Gasteiger partial charge in [-0.25, -0.2) is 4.98 Å². The van der Waals surface area contributed by atoms with Crippen molar-refractivity contribution < 1.29 is 9.53 Å². The number of ether oxygens (including phenoxy) is 1. The number of nitrogens with zero attached hydrogens (tertiary/aromatic N) is 3. The number of nitrogens with one attached hydrogen (secondary N) is 2. The van der Waals surface area contributed by atoms with Gasteiger partial charge < -0.3 is 19.2 Å². The number of pyridine rings is 1. The lowest BCUT2D eigenvalue weighted by Crippen LogP contribution is -2.50. The van der Waals surface area contributed by atoms with Gasteiger partial charge in [0, 0.05) is 37.5 Å². The highest BCUT2D eigenvalue weighted by atomic mass is 16.5. The van der Waals surface area contributed by atoms with E-state index in [4.69, 9.17) is 9.72 Å². The average molecular weight is 508 g/mol. The Morgan fingerprint density at radius 2 is 2.11 bits per heavy atom. The minimum absolute atomic E-state index is 0.00576. The van der Waals surface area contributed by atoms with Crippen LogP contribution in [-0.4, -0.2) is 44.8 Å². The van der Waals surface area contributed by atoms with Crippen molar-refractivity contribution in [3.05, 3.63) is 51.9 Å². The molecule has 0 spiro atoms. The lowest BCUT2D eigenvalue weighted by Gasteiger charge is -2.28. The number of hydrogen-bond acceptors (Lipinski definition) is 6. The molecule has 8 heteroatoms. The minimum Gasteiger partial charge on any atom is -0.462 e. The van der Waals surface area contributed by atoms with Gasteiger partial charge in [0.15, 0.2) is 0 Å². The number of fused-ring (bicyclic) bond motifs is 1. The molecule has 200 valence electrons. The molecule has 3 aromatic rings. The smallest absolute Gasteiger partial charge is 0.326 e. The van der Waals surface area contributed by atoms with Crippen LogP contribution in [0, 0.1) is 12.8 Å². The van der Waals surface area contributed by atoms with Crippen LogP contribution >= 0.6 is 0 Å². The van der Waals surface area contributed by atoms with Crippen LogP contribution in [0.4, 0.5) is 0 Å². The fraction of sp³-hybridized carbons (Fsp3) is 0.552. The summed E-state index contributed by atoms with van der Waals surface area (Å²) in [4.78, 5) is 30.1. The number of esters is 1. The van der Waals surface area contributed by atoms with Crippen molar-refractivity contribution >= 4 is 17.0 Å². The van der Waals surface area contributed by atoms with E-state index in [1.807, 2.05) is 46.9 Å². The van der Waals surface area contributed by atoms with Crippen LogP contribution in [0.2, 0.25) is 0 Å². The molecule has 1 aliphatic rings. The highest BCUT2D eigenvalue weighted by Gasteiger charge is 2.33. The second-order valence-corrected chi connectivity index (χ2v) is 10.9. The summed E-state index contributed by atoms with van der Waals surface area (Å²) in [5.74, 6) is 1.17. The monoisotopic (exact) mass is 507 g/mol. The van der Waals surface area contributed by atoms with E-state index in [9.17, 15) is 9.59 Å². The molecular formula is C29H41N5O3.